The highest BCUT2D eigenvalue weighted by Gasteiger charge is 2.21. The summed E-state index contributed by atoms with van der Waals surface area (Å²) in [7, 11) is 4.91. The summed E-state index contributed by atoms with van der Waals surface area (Å²) in [6, 6.07) is 1.74. The van der Waals surface area contributed by atoms with Crippen molar-refractivity contribution in [3.63, 3.8) is 0 Å². The first-order chi connectivity index (χ1) is 8.60. The van der Waals surface area contributed by atoms with Crippen molar-refractivity contribution in [3.05, 3.63) is 22.2 Å². The second-order valence-corrected chi connectivity index (χ2v) is 4.33. The Labute approximate surface area is 113 Å². The minimum atomic E-state index is -0.623. The van der Waals surface area contributed by atoms with E-state index >= 15 is 0 Å². The maximum absolute atomic E-state index is 10.1. The highest BCUT2D eigenvalue weighted by molar-refractivity contribution is 6.32. The summed E-state index contributed by atoms with van der Waals surface area (Å²) >= 11 is 6.15. The molecule has 5 heteroatoms. The molecule has 2 N–H and O–H groups in total. The molecule has 1 rings (SSSR count). The fraction of sp³-hybridized carbons (Fsp3) is 0.538. The van der Waals surface area contributed by atoms with Crippen LogP contribution in [0.25, 0.3) is 0 Å². The Balaban J connectivity index is 3.39. The van der Waals surface area contributed by atoms with Gasteiger partial charge in [0.15, 0.2) is 11.5 Å². The molecule has 0 aliphatic carbocycles. The van der Waals surface area contributed by atoms with Gasteiger partial charge in [0.1, 0.15) is 0 Å². The lowest BCUT2D eigenvalue weighted by atomic mass is 9.98. The summed E-state index contributed by atoms with van der Waals surface area (Å²) in [5.41, 5.74) is 1.69. The molecule has 0 amide bonds. The molecule has 0 aliphatic rings. The normalized spacial score (nSPS) is 12.3. The predicted molar refractivity (Wildman–Crippen MR) is 72.8 cm³/mol. The number of benzene rings is 1. The van der Waals surface area contributed by atoms with E-state index in [-0.39, 0.29) is 0 Å². The summed E-state index contributed by atoms with van der Waals surface area (Å²) in [6.45, 7) is 2.46. The van der Waals surface area contributed by atoms with Crippen LogP contribution in [-0.4, -0.2) is 32.9 Å². The van der Waals surface area contributed by atoms with E-state index in [2.05, 4.69) is 5.32 Å². The lowest BCUT2D eigenvalue weighted by Gasteiger charge is -2.20. The van der Waals surface area contributed by atoms with Crippen molar-refractivity contribution < 1.29 is 14.6 Å². The Bertz CT molecular complexity index is 410. The van der Waals surface area contributed by atoms with Gasteiger partial charge in [-0.2, -0.15) is 0 Å². The number of aliphatic hydroxyl groups excluding tert-OH is 1. The van der Waals surface area contributed by atoms with Gasteiger partial charge in [0.25, 0.3) is 0 Å². The number of likely N-dealkylation sites (N-methyl/N-ethyl adjacent to an activating group) is 1. The first kappa shape index (κ1) is 15.1. The van der Waals surface area contributed by atoms with E-state index in [0.717, 1.165) is 17.5 Å². The lowest BCUT2D eigenvalue weighted by Crippen LogP contribution is -2.18. The summed E-state index contributed by atoms with van der Waals surface area (Å²) in [5.74, 6) is 1.11. The number of ether oxygens (including phenoxy) is 2. The van der Waals surface area contributed by atoms with Crippen LogP contribution >= 0.6 is 11.6 Å². The Hall–Kier alpha value is -0.970. The fourth-order valence-corrected chi connectivity index (χ4v) is 2.32. The van der Waals surface area contributed by atoms with Crippen molar-refractivity contribution in [2.45, 2.75) is 19.4 Å². The molecule has 1 atom stereocenters. The molecule has 0 bridgehead atoms. The maximum Gasteiger partial charge on any atom is 0.179 e. The van der Waals surface area contributed by atoms with E-state index in [1.165, 1.54) is 0 Å². The van der Waals surface area contributed by atoms with Crippen molar-refractivity contribution in [1.29, 1.82) is 0 Å². The second kappa shape index (κ2) is 6.83. The van der Waals surface area contributed by atoms with Crippen LogP contribution in [0.1, 0.15) is 24.2 Å². The molecule has 1 aromatic carbocycles. The Kier molecular flexibility index (Phi) is 5.72. The van der Waals surface area contributed by atoms with E-state index in [0.29, 0.717) is 23.1 Å². The zero-order valence-corrected chi connectivity index (χ0v) is 12.0. The quantitative estimate of drug-likeness (QED) is 0.834. The van der Waals surface area contributed by atoms with Crippen molar-refractivity contribution in [2.75, 3.05) is 27.8 Å². The number of rotatable bonds is 6. The fourth-order valence-electron chi connectivity index (χ4n) is 2.04. The average molecular weight is 274 g/mol. The number of hydrogen-bond donors (Lipinski definition) is 2. The predicted octanol–water partition coefficient (Wildman–Crippen LogP) is 2.17. The highest BCUT2D eigenvalue weighted by Crippen LogP contribution is 2.41. The molecule has 0 radical (unpaired) electrons. The van der Waals surface area contributed by atoms with E-state index in [1.807, 2.05) is 6.92 Å². The standard InChI is InChI=1S/C13H20ClNO3/c1-5-8-9(11(16)7-15-2)6-10(14)13(18-4)12(8)17-3/h6,11,15-16H,5,7H2,1-4H3. The van der Waals surface area contributed by atoms with E-state index < -0.39 is 6.10 Å². The minimum absolute atomic E-state index is 0.441. The number of methoxy groups -OCH3 is 2. The molecule has 18 heavy (non-hydrogen) atoms. The first-order valence-corrected chi connectivity index (χ1v) is 6.24. The van der Waals surface area contributed by atoms with E-state index in [4.69, 9.17) is 21.1 Å². The van der Waals surface area contributed by atoms with Gasteiger partial charge >= 0.3 is 0 Å². The Morgan fingerprint density at radius 1 is 1.33 bits per heavy atom. The van der Waals surface area contributed by atoms with Crippen LogP contribution in [0.15, 0.2) is 6.07 Å². The third-order valence-corrected chi connectivity index (χ3v) is 3.13. The lowest BCUT2D eigenvalue weighted by molar-refractivity contribution is 0.176. The molecule has 0 heterocycles. The third kappa shape index (κ3) is 2.88. The number of aliphatic hydroxyl groups is 1. The van der Waals surface area contributed by atoms with Gasteiger partial charge in [-0.3, -0.25) is 0 Å². The third-order valence-electron chi connectivity index (χ3n) is 2.85. The monoisotopic (exact) mass is 273 g/mol. The molecule has 1 unspecified atom stereocenters. The topological polar surface area (TPSA) is 50.7 Å². The van der Waals surface area contributed by atoms with Crippen LogP contribution in [0.4, 0.5) is 0 Å². The summed E-state index contributed by atoms with van der Waals surface area (Å²) < 4.78 is 10.6. The van der Waals surface area contributed by atoms with Crippen molar-refractivity contribution in [1.82, 2.24) is 5.32 Å². The summed E-state index contributed by atoms with van der Waals surface area (Å²) in [4.78, 5) is 0. The first-order valence-electron chi connectivity index (χ1n) is 5.86. The van der Waals surface area contributed by atoms with Crippen molar-refractivity contribution in [3.8, 4) is 11.5 Å². The Morgan fingerprint density at radius 2 is 1.94 bits per heavy atom. The van der Waals surface area contributed by atoms with E-state index in [9.17, 15) is 5.11 Å². The van der Waals surface area contributed by atoms with Gasteiger partial charge in [-0.05, 0) is 25.1 Å². The van der Waals surface area contributed by atoms with Crippen LogP contribution in [0.3, 0.4) is 0 Å². The van der Waals surface area contributed by atoms with Gasteiger partial charge in [0, 0.05) is 12.1 Å². The van der Waals surface area contributed by atoms with Crippen LogP contribution < -0.4 is 14.8 Å². The molecule has 0 saturated carbocycles. The van der Waals surface area contributed by atoms with Crippen molar-refractivity contribution >= 4 is 11.6 Å². The zero-order valence-electron chi connectivity index (χ0n) is 11.2. The molecule has 0 spiro atoms. The smallest absolute Gasteiger partial charge is 0.179 e. The summed E-state index contributed by atoms with van der Waals surface area (Å²) in [5, 5.41) is 13.5. The molecule has 102 valence electrons. The summed E-state index contributed by atoms with van der Waals surface area (Å²) in [6.07, 6.45) is 0.106. The largest absolute Gasteiger partial charge is 0.493 e. The molecule has 0 saturated heterocycles. The maximum atomic E-state index is 10.1. The van der Waals surface area contributed by atoms with Crippen LogP contribution in [0.5, 0.6) is 11.5 Å². The molecular weight excluding hydrogens is 254 g/mol. The molecule has 4 nitrogen and oxygen atoms in total. The molecule has 0 aliphatic heterocycles. The van der Waals surface area contributed by atoms with Gasteiger partial charge < -0.3 is 19.9 Å². The van der Waals surface area contributed by atoms with Crippen LogP contribution in [0.2, 0.25) is 5.02 Å². The minimum Gasteiger partial charge on any atom is -0.493 e. The highest BCUT2D eigenvalue weighted by atomic mass is 35.5. The Morgan fingerprint density at radius 3 is 2.39 bits per heavy atom. The zero-order chi connectivity index (χ0) is 13.7. The number of halogens is 1. The van der Waals surface area contributed by atoms with Crippen molar-refractivity contribution in [2.24, 2.45) is 0 Å². The van der Waals surface area contributed by atoms with Gasteiger partial charge in [-0.15, -0.1) is 0 Å². The van der Waals surface area contributed by atoms with Gasteiger partial charge in [0.2, 0.25) is 0 Å². The average Bonchev–Trinajstić information content (AvgIpc) is 2.37. The second-order valence-electron chi connectivity index (χ2n) is 3.92. The SMILES string of the molecule is CCc1c(C(O)CNC)cc(Cl)c(OC)c1OC. The van der Waals surface area contributed by atoms with Gasteiger partial charge in [0.05, 0.1) is 25.3 Å². The van der Waals surface area contributed by atoms with Gasteiger partial charge in [-0.25, -0.2) is 0 Å². The molecule has 0 fully saturated rings. The number of nitrogens with one attached hydrogen (secondary N) is 1. The van der Waals surface area contributed by atoms with Gasteiger partial charge in [-0.1, -0.05) is 18.5 Å². The van der Waals surface area contributed by atoms with Crippen LogP contribution in [-0.2, 0) is 6.42 Å². The molecule has 1 aromatic rings. The molecular formula is C13H20ClNO3. The number of hydrogen-bond acceptors (Lipinski definition) is 4. The van der Waals surface area contributed by atoms with Crippen LogP contribution in [0, 0.1) is 0 Å². The molecule has 0 aromatic heterocycles. The van der Waals surface area contributed by atoms with E-state index in [1.54, 1.807) is 27.3 Å².